The number of ether oxygens (including phenoxy) is 1. The smallest absolute Gasteiger partial charge is 0.408 e. The van der Waals surface area contributed by atoms with Gasteiger partial charge in [-0.15, -0.1) is 0 Å². The van der Waals surface area contributed by atoms with Crippen LogP contribution in [0.1, 0.15) is 19.3 Å². The van der Waals surface area contributed by atoms with Crippen LogP contribution in [-0.4, -0.2) is 35.8 Å². The average molecular weight is 239 g/mol. The van der Waals surface area contributed by atoms with Gasteiger partial charge in [0.1, 0.15) is 6.04 Å². The second kappa shape index (κ2) is 8.31. The maximum absolute atomic E-state index is 10.7. The highest BCUT2D eigenvalue weighted by atomic mass is 35.5. The van der Waals surface area contributed by atoms with Crippen LogP contribution < -0.4 is 11.1 Å². The molecule has 0 bridgehead atoms. The molecule has 0 aliphatic rings. The average Bonchev–Trinajstić information content (AvgIpc) is 2.17. The van der Waals surface area contributed by atoms with Gasteiger partial charge in [0.05, 0.1) is 0 Å². The molecule has 0 aliphatic heterocycles. The number of unbranched alkanes of at least 4 members (excludes halogenated alkanes) is 1. The molecule has 0 aromatic rings. The summed E-state index contributed by atoms with van der Waals surface area (Å²) in [5, 5.41) is 10.9. The summed E-state index contributed by atoms with van der Waals surface area (Å²) in [6.45, 7) is 0.419. The van der Waals surface area contributed by atoms with E-state index in [1.807, 2.05) is 0 Å². The van der Waals surface area contributed by atoms with Crippen molar-refractivity contribution in [3.8, 4) is 0 Å². The van der Waals surface area contributed by atoms with Crippen molar-refractivity contribution in [2.45, 2.75) is 25.3 Å². The van der Waals surface area contributed by atoms with Crippen LogP contribution in [-0.2, 0) is 9.53 Å². The first kappa shape index (κ1) is 14.0. The molecule has 0 aliphatic carbocycles. The number of halogens is 1. The van der Waals surface area contributed by atoms with E-state index in [1.54, 1.807) is 0 Å². The number of hydrogen-bond donors (Lipinski definition) is 3. The molecule has 0 radical (unpaired) electrons. The molecule has 0 spiro atoms. The van der Waals surface area contributed by atoms with Crippen molar-refractivity contribution in [2.75, 3.05) is 12.6 Å². The van der Waals surface area contributed by atoms with Gasteiger partial charge in [-0.05, 0) is 19.3 Å². The van der Waals surface area contributed by atoms with Crippen molar-refractivity contribution in [3.63, 3.8) is 0 Å². The van der Waals surface area contributed by atoms with Crippen LogP contribution in [0.3, 0.4) is 0 Å². The van der Waals surface area contributed by atoms with Gasteiger partial charge < -0.3 is 20.9 Å². The lowest BCUT2D eigenvalue weighted by Gasteiger charge is -2.06. The highest BCUT2D eigenvalue weighted by molar-refractivity contribution is 6.17. The minimum absolute atomic E-state index is 0.185. The Morgan fingerprint density at radius 2 is 2.13 bits per heavy atom. The van der Waals surface area contributed by atoms with E-state index in [1.165, 1.54) is 0 Å². The van der Waals surface area contributed by atoms with Gasteiger partial charge >= 0.3 is 12.1 Å². The molecule has 15 heavy (non-hydrogen) atoms. The van der Waals surface area contributed by atoms with Gasteiger partial charge in [-0.2, -0.15) is 0 Å². The number of aliphatic carboxylic acids is 1. The molecule has 0 rings (SSSR count). The Balaban J connectivity index is 3.32. The van der Waals surface area contributed by atoms with E-state index in [2.05, 4.69) is 10.1 Å². The topological polar surface area (TPSA) is 102 Å². The number of nitrogens with one attached hydrogen (secondary N) is 1. The fourth-order valence-corrected chi connectivity index (χ4v) is 1.00. The predicted octanol–water partition coefficient (Wildman–Crippen LogP) is 0.491. The van der Waals surface area contributed by atoms with Gasteiger partial charge in [-0.1, -0.05) is 11.6 Å². The Bertz CT molecular complexity index is 213. The summed E-state index contributed by atoms with van der Waals surface area (Å²) in [6, 6.07) is -1.02. The zero-order chi connectivity index (χ0) is 11.7. The summed E-state index contributed by atoms with van der Waals surface area (Å²) in [5.74, 6) is -1.01. The molecule has 88 valence electrons. The monoisotopic (exact) mass is 238 g/mol. The Morgan fingerprint density at radius 1 is 1.47 bits per heavy atom. The van der Waals surface area contributed by atoms with Gasteiger partial charge in [-0.25, -0.2) is 4.79 Å². The first-order chi connectivity index (χ1) is 7.07. The number of carboxylic acids is 1. The number of nitrogens with two attached hydrogens (primary N) is 1. The van der Waals surface area contributed by atoms with Crippen LogP contribution in [0.2, 0.25) is 0 Å². The fourth-order valence-electron chi connectivity index (χ4n) is 0.904. The minimum atomic E-state index is -1.01. The molecule has 0 aromatic heterocycles. The number of hydrogen-bond acceptors (Lipinski definition) is 4. The standard InChI is InChI=1S/C8H15ClN2O4/c9-5-15-8(14)11-4-2-1-3-6(10)7(12)13/h6H,1-5,10H2,(H,11,14)(H,12,13). The number of alkyl halides is 1. The quantitative estimate of drug-likeness (QED) is 0.443. The van der Waals surface area contributed by atoms with Crippen LogP contribution in [0.15, 0.2) is 0 Å². The Kier molecular flexibility index (Phi) is 7.75. The van der Waals surface area contributed by atoms with Gasteiger partial charge in [0.2, 0.25) is 0 Å². The van der Waals surface area contributed by atoms with Crippen LogP contribution >= 0.6 is 11.6 Å². The van der Waals surface area contributed by atoms with Gasteiger partial charge in [0.15, 0.2) is 6.07 Å². The lowest BCUT2D eigenvalue weighted by atomic mass is 10.1. The maximum Gasteiger partial charge on any atom is 0.408 e. The zero-order valence-corrected chi connectivity index (χ0v) is 9.00. The number of alkyl carbamates (subject to hydrolysis) is 1. The molecule has 7 heteroatoms. The second-order valence-electron chi connectivity index (χ2n) is 2.91. The predicted molar refractivity (Wildman–Crippen MR) is 54.7 cm³/mol. The van der Waals surface area contributed by atoms with E-state index in [9.17, 15) is 9.59 Å². The van der Waals surface area contributed by atoms with Gasteiger partial charge in [-0.3, -0.25) is 4.79 Å². The summed E-state index contributed by atoms with van der Waals surface area (Å²) in [5.41, 5.74) is 5.28. The fraction of sp³-hybridized carbons (Fsp3) is 0.750. The van der Waals surface area contributed by atoms with Gasteiger partial charge in [0.25, 0.3) is 0 Å². The van der Waals surface area contributed by atoms with Crippen LogP contribution in [0.5, 0.6) is 0 Å². The van der Waals surface area contributed by atoms with Crippen LogP contribution in [0.25, 0.3) is 0 Å². The highest BCUT2D eigenvalue weighted by Crippen LogP contribution is 1.98. The summed E-state index contributed by atoms with van der Waals surface area (Å²) in [6.07, 6.45) is 1.10. The number of rotatable bonds is 7. The van der Waals surface area contributed by atoms with Crippen molar-refractivity contribution in [3.05, 3.63) is 0 Å². The molecular weight excluding hydrogens is 224 g/mol. The summed E-state index contributed by atoms with van der Waals surface area (Å²) in [7, 11) is 0. The minimum Gasteiger partial charge on any atom is -0.480 e. The van der Waals surface area contributed by atoms with Gasteiger partial charge in [0, 0.05) is 6.54 Å². The molecule has 0 saturated carbocycles. The summed E-state index contributed by atoms with van der Waals surface area (Å²) in [4.78, 5) is 21.0. The number of amides is 1. The normalized spacial score (nSPS) is 11.9. The number of carboxylic acid groups (broad SMARTS) is 1. The molecule has 1 atom stereocenters. The first-order valence-electron chi connectivity index (χ1n) is 4.53. The SMILES string of the molecule is NC(CCCCNC(=O)OCCl)C(=O)O. The maximum atomic E-state index is 10.7. The van der Waals surface area contributed by atoms with E-state index < -0.39 is 18.1 Å². The van der Waals surface area contributed by atoms with Crippen molar-refractivity contribution < 1.29 is 19.4 Å². The third-order valence-electron chi connectivity index (χ3n) is 1.71. The van der Waals surface area contributed by atoms with Crippen molar-refractivity contribution >= 4 is 23.7 Å². The third-order valence-corrected chi connectivity index (χ3v) is 1.82. The van der Waals surface area contributed by atoms with Crippen molar-refractivity contribution in [2.24, 2.45) is 5.73 Å². The lowest BCUT2D eigenvalue weighted by molar-refractivity contribution is -0.138. The zero-order valence-electron chi connectivity index (χ0n) is 8.24. The van der Waals surface area contributed by atoms with E-state index in [0.717, 1.165) is 0 Å². The number of carbonyl (C=O) groups is 2. The first-order valence-corrected chi connectivity index (χ1v) is 5.06. The third kappa shape index (κ3) is 8.02. The molecule has 0 fully saturated rings. The number of carbonyl (C=O) groups excluding carboxylic acids is 1. The molecule has 0 aromatic carbocycles. The van der Waals surface area contributed by atoms with E-state index >= 15 is 0 Å². The van der Waals surface area contributed by atoms with Crippen LogP contribution in [0, 0.1) is 0 Å². The van der Waals surface area contributed by atoms with E-state index in [4.69, 9.17) is 22.4 Å². The molecule has 4 N–H and O–H groups in total. The van der Waals surface area contributed by atoms with E-state index in [0.29, 0.717) is 25.8 Å². The lowest BCUT2D eigenvalue weighted by Crippen LogP contribution is -2.30. The Labute approximate surface area is 92.7 Å². The largest absolute Gasteiger partial charge is 0.480 e. The highest BCUT2D eigenvalue weighted by Gasteiger charge is 2.10. The molecule has 1 unspecified atom stereocenters. The molecular formula is C8H15ClN2O4. The van der Waals surface area contributed by atoms with E-state index in [-0.39, 0.29) is 6.07 Å². The molecule has 6 nitrogen and oxygen atoms in total. The van der Waals surface area contributed by atoms with Crippen LogP contribution in [0.4, 0.5) is 4.79 Å². The summed E-state index contributed by atoms with van der Waals surface area (Å²) >= 11 is 5.15. The Morgan fingerprint density at radius 3 is 2.67 bits per heavy atom. The van der Waals surface area contributed by atoms with Crippen molar-refractivity contribution in [1.82, 2.24) is 5.32 Å². The summed E-state index contributed by atoms with van der Waals surface area (Å²) < 4.78 is 4.40. The molecule has 0 heterocycles. The molecule has 0 saturated heterocycles. The molecule has 1 amide bonds. The van der Waals surface area contributed by atoms with Crippen molar-refractivity contribution in [1.29, 1.82) is 0 Å². The Hall–Kier alpha value is -1.01. The second-order valence-corrected chi connectivity index (χ2v) is 3.13.